The molecule has 0 fully saturated rings. The fourth-order valence-electron chi connectivity index (χ4n) is 7.14. The maximum absolute atomic E-state index is 12.6. The average molecular weight is 1020 g/mol. The Kier molecular flexibility index (Phi) is 53.4. The first-order valence-corrected chi connectivity index (χ1v) is 29.7. The van der Waals surface area contributed by atoms with Gasteiger partial charge in [0.05, 0.1) is 13.2 Å². The average Bonchev–Trinajstić information content (AvgIpc) is 3.37. The Morgan fingerprint density at radius 2 is 0.764 bits per heavy atom. The summed E-state index contributed by atoms with van der Waals surface area (Å²) in [6, 6.07) is 0. The maximum Gasteiger partial charge on any atom is 0.472 e. The van der Waals surface area contributed by atoms with Gasteiger partial charge in [-0.3, -0.25) is 18.6 Å². The molecule has 0 heterocycles. The van der Waals surface area contributed by atoms with Crippen LogP contribution in [0.25, 0.3) is 0 Å². The van der Waals surface area contributed by atoms with Crippen molar-refractivity contribution in [1.82, 2.24) is 0 Å². The molecule has 9 nitrogen and oxygen atoms in total. The molecule has 0 bridgehead atoms. The molecule has 3 N–H and O–H groups in total. The molecule has 0 aliphatic carbocycles. The highest BCUT2D eigenvalue weighted by Gasteiger charge is 2.26. The van der Waals surface area contributed by atoms with Crippen LogP contribution in [0.4, 0.5) is 0 Å². The molecule has 0 aromatic heterocycles. The lowest BCUT2D eigenvalue weighted by Gasteiger charge is -2.19. The van der Waals surface area contributed by atoms with E-state index >= 15 is 0 Å². The van der Waals surface area contributed by atoms with E-state index < -0.39 is 32.5 Å². The summed E-state index contributed by atoms with van der Waals surface area (Å²) in [6.45, 7) is 3.52. The van der Waals surface area contributed by atoms with Crippen molar-refractivity contribution in [1.29, 1.82) is 0 Å². The second-order valence-electron chi connectivity index (χ2n) is 18.1. The topological polar surface area (TPSA) is 134 Å². The summed E-state index contributed by atoms with van der Waals surface area (Å²) in [5.41, 5.74) is 5.36. The van der Waals surface area contributed by atoms with E-state index in [9.17, 15) is 19.0 Å². The summed E-state index contributed by atoms with van der Waals surface area (Å²) in [5, 5.41) is 0. The zero-order valence-corrected chi connectivity index (χ0v) is 46.3. The number of allylic oxidation sites excluding steroid dienone is 22. The summed E-state index contributed by atoms with van der Waals surface area (Å²) in [7, 11) is -4.39. The third kappa shape index (κ3) is 55.5. The molecule has 72 heavy (non-hydrogen) atoms. The van der Waals surface area contributed by atoms with Crippen LogP contribution in [0.1, 0.15) is 213 Å². The molecule has 10 heteroatoms. The van der Waals surface area contributed by atoms with Gasteiger partial charge in [0.2, 0.25) is 0 Å². The number of carbonyl (C=O) groups is 2. The minimum atomic E-state index is -4.39. The van der Waals surface area contributed by atoms with Gasteiger partial charge in [-0.15, -0.1) is 0 Å². The van der Waals surface area contributed by atoms with E-state index in [0.717, 1.165) is 128 Å². The molecule has 0 saturated carbocycles. The van der Waals surface area contributed by atoms with Gasteiger partial charge in [0.1, 0.15) is 6.61 Å². The smallest absolute Gasteiger partial charge is 0.462 e. The number of hydrogen-bond acceptors (Lipinski definition) is 8. The Bertz CT molecular complexity index is 1630. The van der Waals surface area contributed by atoms with Crippen molar-refractivity contribution in [3.8, 4) is 0 Å². The number of phosphoric ester groups is 1. The van der Waals surface area contributed by atoms with Crippen molar-refractivity contribution in [3.63, 3.8) is 0 Å². The van der Waals surface area contributed by atoms with Crippen LogP contribution in [0, 0.1) is 0 Å². The zero-order valence-electron chi connectivity index (χ0n) is 45.4. The Morgan fingerprint density at radius 1 is 0.431 bits per heavy atom. The lowest BCUT2D eigenvalue weighted by atomic mass is 10.0. The highest BCUT2D eigenvalue weighted by molar-refractivity contribution is 7.47. The van der Waals surface area contributed by atoms with Crippen molar-refractivity contribution < 1.29 is 37.6 Å². The molecular formula is C62H102NO8P. The fourth-order valence-corrected chi connectivity index (χ4v) is 7.90. The Labute approximate surface area is 440 Å². The third-order valence-electron chi connectivity index (χ3n) is 11.3. The largest absolute Gasteiger partial charge is 0.472 e. The molecule has 0 amide bonds. The minimum absolute atomic E-state index is 0.0460. The molecule has 0 aliphatic heterocycles. The van der Waals surface area contributed by atoms with Gasteiger partial charge in [0.25, 0.3) is 0 Å². The molecule has 2 atom stereocenters. The first-order valence-electron chi connectivity index (χ1n) is 28.2. The second-order valence-corrected chi connectivity index (χ2v) is 19.5. The van der Waals surface area contributed by atoms with Gasteiger partial charge < -0.3 is 20.1 Å². The SMILES string of the molecule is CC/C=C\C/C=C\C/C=C\C/C=C\C/C=C\C/C=C\C/C=C\C/C=C\C/C=C\C/C=C\CCCCCCCCCCCCC(=O)OC(COC(=O)CCCCCCC/C=C\CCC)COP(=O)(O)OCCN. The quantitative estimate of drug-likeness (QED) is 0.0264. The predicted octanol–water partition coefficient (Wildman–Crippen LogP) is 17.8. The second kappa shape index (κ2) is 56.4. The van der Waals surface area contributed by atoms with Crippen molar-refractivity contribution in [2.24, 2.45) is 5.73 Å². The number of carbonyl (C=O) groups excluding carboxylic acids is 2. The number of nitrogens with two attached hydrogens (primary N) is 1. The first kappa shape index (κ1) is 68.2. The van der Waals surface area contributed by atoms with Crippen LogP contribution in [0.3, 0.4) is 0 Å². The van der Waals surface area contributed by atoms with Crippen molar-refractivity contribution in [2.75, 3.05) is 26.4 Å². The highest BCUT2D eigenvalue weighted by atomic mass is 31.2. The number of rotatable bonds is 51. The lowest BCUT2D eigenvalue weighted by molar-refractivity contribution is -0.161. The Hall–Kier alpha value is -3.85. The van der Waals surface area contributed by atoms with Gasteiger partial charge >= 0.3 is 19.8 Å². The van der Waals surface area contributed by atoms with Crippen molar-refractivity contribution in [2.45, 2.75) is 219 Å². The van der Waals surface area contributed by atoms with Gasteiger partial charge in [-0.1, -0.05) is 225 Å². The molecule has 0 spiro atoms. The standard InChI is InChI=1S/C62H102NO8P/c1-3-5-7-9-11-13-15-16-17-18-19-20-21-22-23-24-25-26-27-28-29-30-31-32-33-34-35-36-37-38-39-40-41-42-43-44-45-47-49-51-53-55-62(65)71-60(59-70-72(66,67)69-57-56-63)58-68-61(64)54-52-50-48-46-14-12-10-8-6-4-2/h5,7-8,10-11,13,16-17,19-20,22-23,25-26,28-29,31-32,34-35,37-38,60H,3-4,6,9,12,14-15,18,21,24,27,30,33,36,39-59,63H2,1-2H3,(H,66,67)/b7-5-,10-8-,13-11-,17-16-,20-19-,23-22-,26-25-,29-28-,32-31-,35-34-,38-37-. The van der Waals surface area contributed by atoms with E-state index in [0.29, 0.717) is 12.8 Å². The predicted molar refractivity (Wildman–Crippen MR) is 307 cm³/mol. The van der Waals surface area contributed by atoms with Gasteiger partial charge in [-0.2, -0.15) is 0 Å². The monoisotopic (exact) mass is 1020 g/mol. The van der Waals surface area contributed by atoms with Gasteiger partial charge in [0.15, 0.2) is 6.10 Å². The van der Waals surface area contributed by atoms with Gasteiger partial charge in [0, 0.05) is 19.4 Å². The number of unbranched alkanes of at least 4 members (excludes halogenated alkanes) is 16. The van der Waals surface area contributed by atoms with Crippen molar-refractivity contribution >= 4 is 19.8 Å². The molecule has 0 radical (unpaired) electrons. The summed E-state index contributed by atoms with van der Waals surface area (Å²) in [5.74, 6) is -0.854. The molecule has 2 unspecified atom stereocenters. The van der Waals surface area contributed by atoms with Crippen LogP contribution in [0.15, 0.2) is 134 Å². The normalized spacial score (nSPS) is 14.1. The number of esters is 2. The molecule has 0 aliphatic rings. The summed E-state index contributed by atoms with van der Waals surface area (Å²) >= 11 is 0. The number of ether oxygens (including phenoxy) is 2. The van der Waals surface area contributed by atoms with Crippen LogP contribution in [-0.4, -0.2) is 49.3 Å². The summed E-state index contributed by atoms with van der Waals surface area (Å²) in [4.78, 5) is 34.9. The van der Waals surface area contributed by atoms with Crippen LogP contribution >= 0.6 is 7.82 Å². The molecule has 0 aromatic carbocycles. The summed E-state index contributed by atoms with van der Waals surface area (Å²) < 4.78 is 32.8. The third-order valence-corrected chi connectivity index (χ3v) is 12.2. The van der Waals surface area contributed by atoms with E-state index in [1.54, 1.807) is 0 Å². The zero-order chi connectivity index (χ0) is 52.4. The molecule has 408 valence electrons. The van der Waals surface area contributed by atoms with Crippen LogP contribution in [0.2, 0.25) is 0 Å². The van der Waals surface area contributed by atoms with Crippen molar-refractivity contribution in [3.05, 3.63) is 134 Å². The van der Waals surface area contributed by atoms with Gasteiger partial charge in [-0.25, -0.2) is 4.57 Å². The highest BCUT2D eigenvalue weighted by Crippen LogP contribution is 2.43. The van der Waals surface area contributed by atoms with E-state index in [4.69, 9.17) is 24.3 Å². The van der Waals surface area contributed by atoms with Crippen LogP contribution in [0.5, 0.6) is 0 Å². The molecular weight excluding hydrogens is 918 g/mol. The fraction of sp³-hybridized carbons (Fsp3) is 0.613. The number of hydrogen-bond donors (Lipinski definition) is 2. The van der Waals surface area contributed by atoms with Crippen LogP contribution < -0.4 is 5.73 Å². The Morgan fingerprint density at radius 3 is 1.15 bits per heavy atom. The summed E-state index contributed by atoms with van der Waals surface area (Å²) in [6.07, 6.45) is 79.6. The van der Waals surface area contributed by atoms with E-state index in [-0.39, 0.29) is 32.6 Å². The molecule has 0 saturated heterocycles. The molecule has 0 aromatic rings. The molecule has 0 rings (SSSR count). The first-order chi connectivity index (χ1) is 35.3. The van der Waals surface area contributed by atoms with E-state index in [2.05, 4.69) is 148 Å². The van der Waals surface area contributed by atoms with Crippen LogP contribution in [-0.2, 0) is 32.7 Å². The minimum Gasteiger partial charge on any atom is -0.462 e. The van der Waals surface area contributed by atoms with E-state index in [1.807, 2.05) is 0 Å². The van der Waals surface area contributed by atoms with Gasteiger partial charge in [-0.05, 0) is 109 Å². The number of phosphoric acid groups is 1. The maximum atomic E-state index is 12.6. The lowest BCUT2D eigenvalue weighted by Crippen LogP contribution is -2.29. The Balaban J connectivity index is 3.92. The van der Waals surface area contributed by atoms with E-state index in [1.165, 1.54) is 44.9 Å².